The lowest BCUT2D eigenvalue weighted by atomic mass is 9.85. The Kier molecular flexibility index (Phi) is 4.86. The van der Waals surface area contributed by atoms with Crippen LogP contribution < -0.4 is 5.32 Å². The zero-order valence-electron chi connectivity index (χ0n) is 15.0. The molecule has 1 aromatic rings. The summed E-state index contributed by atoms with van der Waals surface area (Å²) in [5.74, 6) is 0.889. The number of hydrogen-bond donors (Lipinski definition) is 1. The number of carbonyl (C=O) groups excluding carboxylic acids is 1. The molecule has 144 valence electrons. The molecule has 1 amide bonds. The largest absolute Gasteiger partial charge is 0.368 e. The molecule has 2 fully saturated rings. The zero-order valence-corrected chi connectivity index (χ0v) is 15.0. The molecule has 26 heavy (non-hydrogen) atoms. The molecule has 2 saturated heterocycles. The minimum Gasteiger partial charge on any atom is -0.368 e. The van der Waals surface area contributed by atoms with Crippen LogP contribution in [-0.2, 0) is 9.53 Å². The molecule has 0 radical (unpaired) electrons. The summed E-state index contributed by atoms with van der Waals surface area (Å²) >= 11 is 0. The Balaban J connectivity index is 1.47. The smallest absolute Gasteiger partial charge is 0.260 e. The van der Waals surface area contributed by atoms with E-state index in [1.165, 1.54) is 4.68 Å². The highest BCUT2D eigenvalue weighted by molar-refractivity contribution is 5.81. The lowest BCUT2D eigenvalue weighted by molar-refractivity contribution is -0.143. The fourth-order valence-corrected chi connectivity index (χ4v) is 4.52. The number of nitrogens with zero attached hydrogens (tertiary/aromatic N) is 3. The molecule has 4 rings (SSSR count). The number of nitrogens with one attached hydrogen (secondary N) is 1. The third kappa shape index (κ3) is 3.31. The van der Waals surface area contributed by atoms with Crippen molar-refractivity contribution in [3.8, 4) is 0 Å². The number of fused-ring (bicyclic) bond motifs is 1. The van der Waals surface area contributed by atoms with Crippen LogP contribution in [0.3, 0.4) is 0 Å². The van der Waals surface area contributed by atoms with E-state index in [9.17, 15) is 13.6 Å². The molecule has 6 nitrogen and oxygen atoms in total. The van der Waals surface area contributed by atoms with Crippen molar-refractivity contribution >= 4 is 11.7 Å². The molecule has 0 spiro atoms. The summed E-state index contributed by atoms with van der Waals surface area (Å²) in [5, 5.41) is 7.62. The van der Waals surface area contributed by atoms with Crippen LogP contribution in [0.4, 0.5) is 14.6 Å². The molecule has 3 aliphatic rings. The maximum absolute atomic E-state index is 13.6. The van der Waals surface area contributed by atoms with Crippen molar-refractivity contribution in [2.24, 2.45) is 5.92 Å². The van der Waals surface area contributed by atoms with Crippen molar-refractivity contribution in [1.29, 1.82) is 0 Å². The van der Waals surface area contributed by atoms with Crippen molar-refractivity contribution in [3.63, 3.8) is 0 Å². The van der Waals surface area contributed by atoms with Gasteiger partial charge in [-0.1, -0.05) is 0 Å². The quantitative estimate of drug-likeness (QED) is 0.891. The summed E-state index contributed by atoms with van der Waals surface area (Å²) in [4.78, 5) is 14.5. The second-order valence-corrected chi connectivity index (χ2v) is 7.69. The monoisotopic (exact) mass is 368 g/mol. The average molecular weight is 368 g/mol. The number of likely N-dealkylation sites (tertiary alicyclic amines) is 1. The van der Waals surface area contributed by atoms with Crippen molar-refractivity contribution in [3.05, 3.63) is 11.8 Å². The summed E-state index contributed by atoms with van der Waals surface area (Å²) in [6.07, 6.45) is 1.12. The Morgan fingerprint density at radius 2 is 2.23 bits per heavy atom. The van der Waals surface area contributed by atoms with Crippen LogP contribution in [0.5, 0.6) is 0 Å². The first kappa shape index (κ1) is 17.7. The van der Waals surface area contributed by atoms with Crippen LogP contribution in [-0.4, -0.2) is 58.9 Å². The lowest BCUT2D eigenvalue weighted by Gasteiger charge is -2.41. The number of carbonyl (C=O) groups is 1. The molecule has 1 N–H and O–H groups in total. The van der Waals surface area contributed by atoms with Gasteiger partial charge < -0.3 is 15.0 Å². The van der Waals surface area contributed by atoms with Crippen LogP contribution in [0.15, 0.2) is 6.07 Å². The minimum absolute atomic E-state index is 0.0642. The molecule has 0 unspecified atom stereocenters. The Morgan fingerprint density at radius 1 is 1.38 bits per heavy atom. The van der Waals surface area contributed by atoms with Gasteiger partial charge in [-0.15, -0.1) is 0 Å². The normalized spacial score (nSPS) is 31.8. The first-order valence-electron chi connectivity index (χ1n) is 9.54. The second-order valence-electron chi connectivity index (χ2n) is 7.69. The van der Waals surface area contributed by atoms with E-state index in [1.54, 1.807) is 0 Å². The summed E-state index contributed by atoms with van der Waals surface area (Å²) in [5.41, 5.74) is 0.734. The van der Waals surface area contributed by atoms with Gasteiger partial charge in [0.15, 0.2) is 0 Å². The maximum atomic E-state index is 13.6. The van der Waals surface area contributed by atoms with E-state index < -0.39 is 12.5 Å². The molecular formula is C18H26F2N4O2. The number of piperidine rings is 1. The SMILES string of the molecule is Cc1cc2n(n1)[C@@H](C(F)F)C[C@@H]([C@H]1CCCN(C(=O)[C@@H]3CCCO3)C1)N2. The highest BCUT2D eigenvalue weighted by Gasteiger charge is 2.39. The highest BCUT2D eigenvalue weighted by atomic mass is 19.3. The number of hydrogen-bond acceptors (Lipinski definition) is 4. The van der Waals surface area contributed by atoms with Crippen LogP contribution >= 0.6 is 0 Å². The van der Waals surface area contributed by atoms with Gasteiger partial charge in [0.05, 0.1) is 5.69 Å². The third-order valence-electron chi connectivity index (χ3n) is 5.84. The second kappa shape index (κ2) is 7.13. The number of ether oxygens (including phenoxy) is 1. The summed E-state index contributed by atoms with van der Waals surface area (Å²) < 4.78 is 34.1. The molecule has 0 aromatic carbocycles. The number of aromatic nitrogens is 2. The van der Waals surface area contributed by atoms with Gasteiger partial charge in [0.2, 0.25) is 0 Å². The summed E-state index contributed by atoms with van der Waals surface area (Å²) in [6.45, 7) is 3.81. The number of anilines is 1. The average Bonchev–Trinajstić information content (AvgIpc) is 3.28. The Labute approximate surface area is 151 Å². The van der Waals surface area contributed by atoms with E-state index in [0.717, 1.165) is 37.9 Å². The van der Waals surface area contributed by atoms with Gasteiger partial charge in [0.25, 0.3) is 12.3 Å². The Hall–Kier alpha value is -1.70. The van der Waals surface area contributed by atoms with Gasteiger partial charge in [-0.05, 0) is 44.9 Å². The molecule has 0 saturated carbocycles. The zero-order chi connectivity index (χ0) is 18.3. The van der Waals surface area contributed by atoms with E-state index in [0.29, 0.717) is 25.4 Å². The number of aryl methyl sites for hydroxylation is 1. The van der Waals surface area contributed by atoms with Gasteiger partial charge in [-0.3, -0.25) is 4.79 Å². The van der Waals surface area contributed by atoms with Gasteiger partial charge in [0.1, 0.15) is 18.0 Å². The first-order valence-corrected chi connectivity index (χ1v) is 9.54. The van der Waals surface area contributed by atoms with E-state index >= 15 is 0 Å². The predicted molar refractivity (Wildman–Crippen MR) is 92.3 cm³/mol. The van der Waals surface area contributed by atoms with Crippen LogP contribution in [0.2, 0.25) is 0 Å². The van der Waals surface area contributed by atoms with Crippen LogP contribution in [0.1, 0.15) is 43.8 Å². The van der Waals surface area contributed by atoms with Gasteiger partial charge >= 0.3 is 0 Å². The van der Waals surface area contributed by atoms with Crippen molar-refractivity contribution in [2.45, 2.75) is 63.6 Å². The van der Waals surface area contributed by atoms with Crippen molar-refractivity contribution < 1.29 is 18.3 Å². The van der Waals surface area contributed by atoms with Crippen LogP contribution in [0, 0.1) is 12.8 Å². The van der Waals surface area contributed by atoms with Crippen molar-refractivity contribution in [1.82, 2.24) is 14.7 Å². The summed E-state index contributed by atoms with van der Waals surface area (Å²) in [7, 11) is 0. The number of halogens is 2. The number of amides is 1. The van der Waals surface area contributed by atoms with E-state index in [4.69, 9.17) is 4.74 Å². The molecular weight excluding hydrogens is 342 g/mol. The molecule has 3 aliphatic heterocycles. The lowest BCUT2D eigenvalue weighted by Crippen LogP contribution is -2.50. The fraction of sp³-hybridized carbons (Fsp3) is 0.778. The van der Waals surface area contributed by atoms with Gasteiger partial charge in [-0.25, -0.2) is 13.5 Å². The Morgan fingerprint density at radius 3 is 2.96 bits per heavy atom. The molecule has 8 heteroatoms. The van der Waals surface area contributed by atoms with E-state index in [-0.39, 0.29) is 24.0 Å². The predicted octanol–water partition coefficient (Wildman–Crippen LogP) is 2.60. The third-order valence-corrected chi connectivity index (χ3v) is 5.84. The van der Waals surface area contributed by atoms with Crippen molar-refractivity contribution in [2.75, 3.05) is 25.0 Å². The summed E-state index contributed by atoms with van der Waals surface area (Å²) in [6, 6.07) is 0.839. The number of rotatable bonds is 3. The van der Waals surface area contributed by atoms with E-state index in [2.05, 4.69) is 10.4 Å². The van der Waals surface area contributed by atoms with Crippen LogP contribution in [0.25, 0.3) is 0 Å². The van der Waals surface area contributed by atoms with Gasteiger partial charge in [0, 0.05) is 31.8 Å². The first-order chi connectivity index (χ1) is 12.5. The fourth-order valence-electron chi connectivity index (χ4n) is 4.52. The standard InChI is InChI=1S/C18H26F2N4O2/c1-11-8-16-21-13(9-14(17(19)20)24(16)22-11)12-4-2-6-23(10-12)18(25)15-5-3-7-26-15/h8,12-15,17,21H,2-7,9-10H2,1H3/t12-,13-,14+,15-/m0/s1. The van der Waals surface area contributed by atoms with Gasteiger partial charge in [-0.2, -0.15) is 5.10 Å². The minimum atomic E-state index is -2.45. The van der Waals surface area contributed by atoms with E-state index in [1.807, 2.05) is 17.9 Å². The topological polar surface area (TPSA) is 59.4 Å². The molecule has 1 aromatic heterocycles. The molecule has 0 aliphatic carbocycles. The molecule has 4 atom stereocenters. The maximum Gasteiger partial charge on any atom is 0.260 e. The number of alkyl halides is 2. The highest BCUT2D eigenvalue weighted by Crippen LogP contribution is 2.36. The molecule has 4 heterocycles. The molecule has 0 bridgehead atoms. The Bertz CT molecular complexity index is 660.